The third-order valence-corrected chi connectivity index (χ3v) is 4.18. The van der Waals surface area contributed by atoms with E-state index >= 15 is 0 Å². The molecule has 138 valence electrons. The van der Waals surface area contributed by atoms with E-state index in [1.165, 1.54) is 19.3 Å². The number of hydrogen-bond acceptors (Lipinski definition) is 3. The summed E-state index contributed by atoms with van der Waals surface area (Å²) in [5.41, 5.74) is 0.249. The van der Waals surface area contributed by atoms with E-state index in [2.05, 4.69) is 9.72 Å². The fraction of sp³-hybridized carbons (Fsp3) is 0.100. The van der Waals surface area contributed by atoms with Crippen molar-refractivity contribution >= 4 is 40.6 Å². The van der Waals surface area contributed by atoms with Crippen LogP contribution >= 0.6 is 11.6 Å². The Balaban J connectivity index is 2.25. The van der Waals surface area contributed by atoms with Crippen molar-refractivity contribution in [2.24, 2.45) is 0 Å². The van der Waals surface area contributed by atoms with E-state index in [4.69, 9.17) is 11.6 Å². The summed E-state index contributed by atoms with van der Waals surface area (Å²) in [5.74, 6) is -0.725. The Hall–Kier alpha value is -2.86. The molecule has 0 aliphatic carbocycles. The SMILES string of the molecule is COC(=O)c1cc(Cl)c2cc(C(F)(F)F)cc(/C=C/c3ccccc3)c2n1. The summed E-state index contributed by atoms with van der Waals surface area (Å²) >= 11 is 6.14. The number of ether oxygens (including phenoxy) is 1. The van der Waals surface area contributed by atoms with E-state index in [1.807, 2.05) is 30.3 Å². The van der Waals surface area contributed by atoms with Gasteiger partial charge in [0.2, 0.25) is 0 Å². The van der Waals surface area contributed by atoms with Crippen LogP contribution in [0.1, 0.15) is 27.2 Å². The number of rotatable bonds is 3. The summed E-state index contributed by atoms with van der Waals surface area (Å²) in [6, 6.07) is 12.2. The number of aromatic nitrogens is 1. The highest BCUT2D eigenvalue weighted by Crippen LogP contribution is 2.36. The molecule has 0 saturated carbocycles. The molecule has 2 aromatic carbocycles. The number of halogens is 4. The number of nitrogens with zero attached hydrogens (tertiary/aromatic N) is 1. The lowest BCUT2D eigenvalue weighted by molar-refractivity contribution is -0.137. The van der Waals surface area contributed by atoms with Gasteiger partial charge in [-0.1, -0.05) is 54.1 Å². The molecule has 0 bridgehead atoms. The van der Waals surface area contributed by atoms with Crippen LogP contribution in [0.3, 0.4) is 0 Å². The minimum Gasteiger partial charge on any atom is -0.464 e. The molecular weight excluding hydrogens is 379 g/mol. The first-order valence-corrected chi connectivity index (χ1v) is 8.20. The van der Waals surface area contributed by atoms with Crippen molar-refractivity contribution in [3.8, 4) is 0 Å². The number of pyridine rings is 1. The lowest BCUT2D eigenvalue weighted by atomic mass is 10.0. The second-order valence-electron chi connectivity index (χ2n) is 5.68. The number of methoxy groups -OCH3 is 1. The first-order valence-electron chi connectivity index (χ1n) is 7.82. The van der Waals surface area contributed by atoms with Crippen molar-refractivity contribution in [1.82, 2.24) is 4.98 Å². The summed E-state index contributed by atoms with van der Waals surface area (Å²) in [5, 5.41) is 0.0905. The van der Waals surface area contributed by atoms with Crippen LogP contribution in [0.4, 0.5) is 13.2 Å². The van der Waals surface area contributed by atoms with Gasteiger partial charge in [0.1, 0.15) is 0 Å². The molecule has 0 spiro atoms. The largest absolute Gasteiger partial charge is 0.464 e. The Bertz CT molecular complexity index is 1030. The smallest absolute Gasteiger partial charge is 0.416 e. The summed E-state index contributed by atoms with van der Waals surface area (Å²) in [4.78, 5) is 15.9. The third-order valence-electron chi connectivity index (χ3n) is 3.87. The van der Waals surface area contributed by atoms with Crippen molar-refractivity contribution in [3.05, 3.63) is 75.9 Å². The molecule has 7 heteroatoms. The Morgan fingerprint density at radius 3 is 2.44 bits per heavy atom. The molecular formula is C20H13ClF3NO2. The Morgan fingerprint density at radius 1 is 1.11 bits per heavy atom. The molecule has 0 fully saturated rings. The standard InChI is InChI=1S/C20H13ClF3NO2/c1-27-19(26)17-11-16(21)15-10-14(20(22,23)24)9-13(18(15)25-17)8-7-12-5-3-2-4-6-12/h2-11H,1H3/b8-7+. The maximum Gasteiger partial charge on any atom is 0.416 e. The van der Waals surface area contributed by atoms with Crippen LogP contribution in [0.25, 0.3) is 23.1 Å². The van der Waals surface area contributed by atoms with E-state index in [0.29, 0.717) is 0 Å². The van der Waals surface area contributed by atoms with Crippen molar-refractivity contribution in [3.63, 3.8) is 0 Å². The lowest BCUT2D eigenvalue weighted by Crippen LogP contribution is -2.08. The first kappa shape index (κ1) is 18.9. The quantitative estimate of drug-likeness (QED) is 0.414. The molecule has 0 unspecified atom stereocenters. The van der Waals surface area contributed by atoms with Crippen molar-refractivity contribution in [2.75, 3.05) is 7.11 Å². The van der Waals surface area contributed by atoms with Crippen LogP contribution in [-0.2, 0) is 10.9 Å². The highest BCUT2D eigenvalue weighted by molar-refractivity contribution is 6.35. The maximum atomic E-state index is 13.3. The number of carbonyl (C=O) groups is 1. The van der Waals surface area contributed by atoms with Gasteiger partial charge in [-0.05, 0) is 23.8 Å². The van der Waals surface area contributed by atoms with Crippen molar-refractivity contribution < 1.29 is 22.7 Å². The molecule has 0 aliphatic heterocycles. The molecule has 0 aliphatic rings. The average molecular weight is 392 g/mol. The Labute approximate surface area is 158 Å². The second kappa shape index (κ2) is 7.40. The van der Waals surface area contributed by atoms with Gasteiger partial charge in [0, 0.05) is 10.9 Å². The van der Waals surface area contributed by atoms with E-state index in [0.717, 1.165) is 17.7 Å². The lowest BCUT2D eigenvalue weighted by Gasteiger charge is -2.12. The van der Waals surface area contributed by atoms with Gasteiger partial charge in [0.25, 0.3) is 0 Å². The van der Waals surface area contributed by atoms with Gasteiger partial charge in [-0.15, -0.1) is 0 Å². The predicted molar refractivity (Wildman–Crippen MR) is 98.5 cm³/mol. The molecule has 3 nitrogen and oxygen atoms in total. The minimum absolute atomic E-state index is 0.0131. The predicted octanol–water partition coefficient (Wildman–Crippen LogP) is 5.86. The maximum absolute atomic E-state index is 13.3. The van der Waals surface area contributed by atoms with Crippen LogP contribution in [0.15, 0.2) is 48.5 Å². The highest BCUT2D eigenvalue weighted by atomic mass is 35.5. The van der Waals surface area contributed by atoms with E-state index in [1.54, 1.807) is 6.08 Å². The zero-order chi connectivity index (χ0) is 19.6. The number of carbonyl (C=O) groups excluding carboxylic acids is 1. The zero-order valence-electron chi connectivity index (χ0n) is 14.0. The molecule has 0 radical (unpaired) electrons. The van der Waals surface area contributed by atoms with Crippen molar-refractivity contribution in [2.45, 2.75) is 6.18 Å². The number of fused-ring (bicyclic) bond motifs is 1. The monoisotopic (exact) mass is 391 g/mol. The molecule has 0 saturated heterocycles. The van der Waals surface area contributed by atoms with Gasteiger partial charge in [-0.3, -0.25) is 0 Å². The van der Waals surface area contributed by atoms with Crippen LogP contribution in [0, 0.1) is 0 Å². The summed E-state index contributed by atoms with van der Waals surface area (Å²) in [6.45, 7) is 0. The molecule has 3 rings (SSSR count). The molecule has 1 aromatic heterocycles. The molecule has 0 N–H and O–H groups in total. The fourth-order valence-corrected chi connectivity index (χ4v) is 2.81. The summed E-state index contributed by atoms with van der Waals surface area (Å²) in [7, 11) is 1.19. The molecule has 0 atom stereocenters. The van der Waals surface area contributed by atoms with Crippen LogP contribution in [0.5, 0.6) is 0 Å². The number of hydrogen-bond donors (Lipinski definition) is 0. The normalized spacial score (nSPS) is 11.9. The van der Waals surface area contributed by atoms with Gasteiger partial charge in [0.05, 0.1) is 23.2 Å². The van der Waals surface area contributed by atoms with Gasteiger partial charge in [-0.2, -0.15) is 13.2 Å². The van der Waals surface area contributed by atoms with Crippen LogP contribution in [-0.4, -0.2) is 18.1 Å². The second-order valence-corrected chi connectivity index (χ2v) is 6.09. The van der Waals surface area contributed by atoms with Gasteiger partial charge >= 0.3 is 12.1 Å². The van der Waals surface area contributed by atoms with E-state index in [-0.39, 0.29) is 27.2 Å². The van der Waals surface area contributed by atoms with E-state index < -0.39 is 17.7 Å². The minimum atomic E-state index is -4.55. The third kappa shape index (κ3) is 4.11. The Kier molecular flexibility index (Phi) is 5.19. The van der Waals surface area contributed by atoms with Crippen molar-refractivity contribution in [1.29, 1.82) is 0 Å². The van der Waals surface area contributed by atoms with E-state index in [9.17, 15) is 18.0 Å². The topological polar surface area (TPSA) is 39.2 Å². The molecule has 1 heterocycles. The number of benzene rings is 2. The average Bonchev–Trinajstić information content (AvgIpc) is 2.65. The van der Waals surface area contributed by atoms with Gasteiger partial charge in [0.15, 0.2) is 5.69 Å². The summed E-state index contributed by atoms with van der Waals surface area (Å²) < 4.78 is 44.5. The van der Waals surface area contributed by atoms with Gasteiger partial charge in [-0.25, -0.2) is 9.78 Å². The zero-order valence-corrected chi connectivity index (χ0v) is 14.8. The Morgan fingerprint density at radius 2 is 1.81 bits per heavy atom. The molecule has 3 aromatic rings. The van der Waals surface area contributed by atoms with Gasteiger partial charge < -0.3 is 4.74 Å². The molecule has 0 amide bonds. The highest BCUT2D eigenvalue weighted by Gasteiger charge is 2.31. The first-order chi connectivity index (χ1) is 12.8. The summed E-state index contributed by atoms with van der Waals surface area (Å²) in [6.07, 6.45) is -1.37. The fourth-order valence-electron chi connectivity index (χ4n) is 2.56. The number of alkyl halides is 3. The molecule has 27 heavy (non-hydrogen) atoms. The van der Waals surface area contributed by atoms with Crippen LogP contribution < -0.4 is 0 Å². The number of esters is 1. The van der Waals surface area contributed by atoms with Crippen LogP contribution in [0.2, 0.25) is 5.02 Å².